The minimum Gasteiger partial charge on any atom is -0.872 e. The number of aliphatic imine (C=N–C) groups is 2. The molecule has 0 fully saturated rings. The average Bonchev–Trinajstić information content (AvgIpc) is 3.03. The van der Waals surface area contributed by atoms with Crippen LogP contribution in [0, 0.1) is 0 Å². The molecule has 8 nitrogen and oxygen atoms in total. The smallest absolute Gasteiger partial charge is 0.872 e. The molecule has 4 aromatic carbocycles. The van der Waals surface area contributed by atoms with Gasteiger partial charge < -0.3 is 31.1 Å². The van der Waals surface area contributed by atoms with E-state index >= 15 is 0 Å². The fourth-order valence-corrected chi connectivity index (χ4v) is 4.73. The summed E-state index contributed by atoms with van der Waals surface area (Å²) < 4.78 is 0. The molecule has 0 saturated carbocycles. The summed E-state index contributed by atoms with van der Waals surface area (Å²) in [4.78, 5) is 8.43. The maximum Gasteiger partial charge on any atom is 2.00 e. The molecule has 14 heteroatoms. The van der Waals surface area contributed by atoms with Crippen molar-refractivity contribution in [2.24, 2.45) is 9.98 Å². The van der Waals surface area contributed by atoms with Crippen molar-refractivity contribution in [3.63, 3.8) is 0 Å². The number of nitrogens with zero attached hydrogens (tertiary/aromatic N) is 2. The standard InChI is InChI=1S/2C17H18Cl2N2O2.2Zn/c2*18-14-2-4-16(22)12(8-14)10-20-6-1-7-21-11-13-9-15(19)3-5-17(13)23;;/h2*2-5,8-10,21-23H,1,6-7,11H2;;/q;;2*+2/p-4. The quantitative estimate of drug-likeness (QED) is 0.0982. The Hall–Kier alpha value is -2.25. The Labute approximate surface area is 326 Å². The van der Waals surface area contributed by atoms with Crippen molar-refractivity contribution < 1.29 is 59.4 Å². The summed E-state index contributed by atoms with van der Waals surface area (Å²) in [7, 11) is 0. The van der Waals surface area contributed by atoms with E-state index in [1.807, 2.05) is 0 Å². The molecular weight excluding hydrogens is 801 g/mol. The number of hydrogen-bond donors (Lipinski definition) is 2. The fraction of sp³-hybridized carbons (Fsp3) is 0.235. The molecule has 0 aromatic heterocycles. The van der Waals surface area contributed by atoms with Crippen LogP contribution in [0.15, 0.2) is 82.8 Å². The SMILES string of the molecule is [O-]c1ccc(Cl)cc1C=NCCCNCc1cc(Cl)ccc1[O-].[O-]c1ccc(Cl)cc1C=NCCCNCc1cc(Cl)ccc1[O-].[Zn+2].[Zn+2]. The van der Waals surface area contributed by atoms with Gasteiger partial charge in [-0.15, -0.1) is 11.5 Å². The zero-order valence-corrected chi connectivity index (χ0v) is 35.2. The van der Waals surface area contributed by atoms with Crippen LogP contribution in [0.1, 0.15) is 35.1 Å². The number of benzene rings is 4. The van der Waals surface area contributed by atoms with Crippen LogP contribution >= 0.6 is 46.4 Å². The summed E-state index contributed by atoms with van der Waals surface area (Å²) in [6.45, 7) is 3.54. The minimum atomic E-state index is -0.0970. The Balaban J connectivity index is 0.000000461. The van der Waals surface area contributed by atoms with E-state index in [9.17, 15) is 20.4 Å². The maximum atomic E-state index is 11.6. The predicted octanol–water partition coefficient (Wildman–Crippen LogP) is 5.47. The molecule has 244 valence electrons. The topological polar surface area (TPSA) is 141 Å². The molecule has 0 atom stereocenters. The third kappa shape index (κ3) is 16.4. The first-order valence-corrected chi connectivity index (χ1v) is 15.9. The summed E-state index contributed by atoms with van der Waals surface area (Å²) in [6.07, 6.45) is 4.67. The molecule has 0 spiro atoms. The third-order valence-electron chi connectivity index (χ3n) is 6.36. The van der Waals surface area contributed by atoms with Crippen LogP contribution in [0.3, 0.4) is 0 Å². The maximum absolute atomic E-state index is 11.6. The molecule has 0 aliphatic carbocycles. The summed E-state index contributed by atoms with van der Waals surface area (Å²) in [5.41, 5.74) is 2.27. The van der Waals surface area contributed by atoms with Gasteiger partial charge in [-0.05, 0) is 96.7 Å². The first-order chi connectivity index (χ1) is 22.1. The molecule has 0 saturated heterocycles. The Bertz CT molecular complexity index is 1510. The van der Waals surface area contributed by atoms with Crippen molar-refractivity contribution in [2.75, 3.05) is 26.2 Å². The van der Waals surface area contributed by atoms with Gasteiger partial charge in [-0.2, -0.15) is 0 Å². The van der Waals surface area contributed by atoms with Crippen LogP contribution in [0.5, 0.6) is 23.0 Å². The monoisotopic (exact) mass is 828 g/mol. The molecule has 0 unspecified atom stereocenters. The fourth-order valence-electron chi connectivity index (χ4n) is 3.98. The Morgan fingerprint density at radius 1 is 0.500 bits per heavy atom. The van der Waals surface area contributed by atoms with Gasteiger partial charge in [0, 0.05) is 58.7 Å². The van der Waals surface area contributed by atoms with E-state index in [1.54, 1.807) is 61.0 Å². The van der Waals surface area contributed by atoms with Crippen molar-refractivity contribution in [3.8, 4) is 23.0 Å². The molecule has 0 heterocycles. The Morgan fingerprint density at radius 2 is 0.833 bits per heavy atom. The second kappa shape index (κ2) is 24.0. The number of hydrogen-bond acceptors (Lipinski definition) is 8. The number of halogens is 4. The van der Waals surface area contributed by atoms with Gasteiger partial charge >= 0.3 is 39.0 Å². The molecule has 2 N–H and O–H groups in total. The summed E-state index contributed by atoms with van der Waals surface area (Å²) >= 11 is 23.4. The van der Waals surface area contributed by atoms with Crippen LogP contribution in [-0.2, 0) is 52.0 Å². The minimum absolute atomic E-state index is 0. The molecule has 0 aliphatic rings. The van der Waals surface area contributed by atoms with Gasteiger partial charge in [-0.1, -0.05) is 82.2 Å². The van der Waals surface area contributed by atoms with Crippen molar-refractivity contribution in [2.45, 2.75) is 25.9 Å². The molecule has 0 bridgehead atoms. The first kappa shape index (κ1) is 43.8. The largest absolute Gasteiger partial charge is 2.00 e. The van der Waals surface area contributed by atoms with E-state index in [0.717, 1.165) is 12.8 Å². The van der Waals surface area contributed by atoms with E-state index in [1.165, 1.54) is 24.3 Å². The van der Waals surface area contributed by atoms with Gasteiger partial charge in [-0.25, -0.2) is 0 Å². The van der Waals surface area contributed by atoms with Gasteiger partial charge in [0.1, 0.15) is 0 Å². The summed E-state index contributed by atoms with van der Waals surface area (Å²) in [5, 5.41) is 54.8. The van der Waals surface area contributed by atoms with Crippen molar-refractivity contribution >= 4 is 58.8 Å². The molecule has 0 radical (unpaired) electrons. The van der Waals surface area contributed by atoms with E-state index in [2.05, 4.69) is 20.6 Å². The molecule has 0 aliphatic heterocycles. The molecule has 4 aromatic rings. The van der Waals surface area contributed by atoms with Crippen molar-refractivity contribution in [3.05, 3.63) is 115 Å². The second-order valence-electron chi connectivity index (χ2n) is 10.00. The van der Waals surface area contributed by atoms with Crippen LogP contribution in [0.4, 0.5) is 0 Å². The van der Waals surface area contributed by atoms with Gasteiger partial charge in [0.05, 0.1) is 0 Å². The zero-order valence-electron chi connectivity index (χ0n) is 26.2. The summed E-state index contributed by atoms with van der Waals surface area (Å²) in [5.74, 6) is -0.242. The van der Waals surface area contributed by atoms with E-state index in [4.69, 9.17) is 46.4 Å². The molecular formula is C34H32Cl4N4O4Zn2. The van der Waals surface area contributed by atoms with Crippen molar-refractivity contribution in [1.29, 1.82) is 0 Å². The van der Waals surface area contributed by atoms with E-state index < -0.39 is 0 Å². The number of nitrogens with one attached hydrogen (secondary N) is 2. The van der Waals surface area contributed by atoms with Gasteiger partial charge in [0.25, 0.3) is 0 Å². The van der Waals surface area contributed by atoms with Crippen LogP contribution in [0.2, 0.25) is 20.1 Å². The molecule has 48 heavy (non-hydrogen) atoms. The second-order valence-corrected chi connectivity index (χ2v) is 11.7. The van der Waals surface area contributed by atoms with Crippen LogP contribution in [-0.4, -0.2) is 38.6 Å². The van der Waals surface area contributed by atoms with E-state index in [0.29, 0.717) is 81.6 Å². The molecule has 4 rings (SSSR count). The zero-order chi connectivity index (χ0) is 33.3. The summed E-state index contributed by atoms with van der Waals surface area (Å²) in [6, 6.07) is 18.6. The molecule has 0 amide bonds. The third-order valence-corrected chi connectivity index (χ3v) is 7.30. The predicted molar refractivity (Wildman–Crippen MR) is 181 cm³/mol. The van der Waals surface area contributed by atoms with Gasteiger partial charge in [0.2, 0.25) is 0 Å². The van der Waals surface area contributed by atoms with Crippen molar-refractivity contribution in [1.82, 2.24) is 10.6 Å². The Morgan fingerprint density at radius 3 is 1.21 bits per heavy atom. The normalized spacial score (nSPS) is 10.8. The van der Waals surface area contributed by atoms with Gasteiger partial charge in [0.15, 0.2) is 0 Å². The van der Waals surface area contributed by atoms with Crippen LogP contribution in [0.25, 0.3) is 0 Å². The first-order valence-electron chi connectivity index (χ1n) is 14.4. The average molecular weight is 833 g/mol. The van der Waals surface area contributed by atoms with Crippen LogP contribution < -0.4 is 31.1 Å². The Kier molecular flexibility index (Phi) is 21.9. The van der Waals surface area contributed by atoms with Gasteiger partial charge in [-0.3, -0.25) is 9.98 Å². The number of rotatable bonds is 14. The van der Waals surface area contributed by atoms with E-state index in [-0.39, 0.29) is 62.0 Å².